The van der Waals surface area contributed by atoms with Crippen LogP contribution in [-0.2, 0) is 12.8 Å². The molecule has 1 heterocycles. The number of hydrogen-bond acceptors (Lipinski definition) is 3. The highest BCUT2D eigenvalue weighted by atomic mass is 15.2. The second-order valence-corrected chi connectivity index (χ2v) is 5.82. The van der Waals surface area contributed by atoms with Gasteiger partial charge in [0.1, 0.15) is 5.82 Å². The van der Waals surface area contributed by atoms with Crippen LogP contribution in [0.25, 0.3) is 0 Å². The van der Waals surface area contributed by atoms with Crippen molar-refractivity contribution in [2.75, 3.05) is 18.5 Å². The lowest BCUT2D eigenvalue weighted by Crippen LogP contribution is -2.23. The fraction of sp³-hybridized carbons (Fsp3) is 0.389. The van der Waals surface area contributed by atoms with Crippen molar-refractivity contribution in [3.05, 3.63) is 59.3 Å². The molecule has 21 heavy (non-hydrogen) atoms. The van der Waals surface area contributed by atoms with Gasteiger partial charge in [-0.2, -0.15) is 0 Å². The lowest BCUT2D eigenvalue weighted by molar-refractivity contribution is 0.734. The Morgan fingerprint density at radius 2 is 1.90 bits per heavy atom. The summed E-state index contributed by atoms with van der Waals surface area (Å²) in [7, 11) is 2.10. The minimum atomic E-state index is 0.174. The molecule has 3 nitrogen and oxygen atoms in total. The zero-order valence-electron chi connectivity index (χ0n) is 13.2. The van der Waals surface area contributed by atoms with E-state index in [0.29, 0.717) is 0 Å². The molecule has 0 bridgehead atoms. The van der Waals surface area contributed by atoms with E-state index >= 15 is 0 Å². The maximum atomic E-state index is 5.85. The van der Waals surface area contributed by atoms with Crippen LogP contribution in [0.4, 0.5) is 5.82 Å². The van der Waals surface area contributed by atoms with E-state index in [1.165, 1.54) is 16.7 Å². The predicted octanol–water partition coefficient (Wildman–Crippen LogP) is 2.96. The molecule has 0 amide bonds. The summed E-state index contributed by atoms with van der Waals surface area (Å²) >= 11 is 0. The summed E-state index contributed by atoms with van der Waals surface area (Å²) in [5.74, 6) is 1.05. The molecule has 0 saturated heterocycles. The van der Waals surface area contributed by atoms with Gasteiger partial charge in [-0.15, -0.1) is 0 Å². The second kappa shape index (κ2) is 7.23. The summed E-state index contributed by atoms with van der Waals surface area (Å²) in [6.45, 7) is 5.10. The summed E-state index contributed by atoms with van der Waals surface area (Å²) in [5.41, 5.74) is 9.63. The maximum absolute atomic E-state index is 5.85. The minimum Gasteiger partial charge on any atom is -0.359 e. The monoisotopic (exact) mass is 283 g/mol. The molecule has 1 aromatic heterocycles. The van der Waals surface area contributed by atoms with E-state index < -0.39 is 0 Å². The number of aryl methyl sites for hydroxylation is 1. The number of anilines is 1. The second-order valence-electron chi connectivity index (χ2n) is 5.82. The molecule has 2 rings (SSSR count). The number of benzene rings is 1. The van der Waals surface area contributed by atoms with E-state index in [1.807, 2.05) is 13.1 Å². The molecular formula is C18H25N3. The highest BCUT2D eigenvalue weighted by Gasteiger charge is 2.08. The van der Waals surface area contributed by atoms with Crippen molar-refractivity contribution < 1.29 is 0 Å². The Bertz CT molecular complexity index is 564. The molecule has 1 unspecified atom stereocenters. The molecule has 1 aromatic carbocycles. The third-order valence-corrected chi connectivity index (χ3v) is 3.61. The van der Waals surface area contributed by atoms with Gasteiger partial charge in [0.05, 0.1) is 0 Å². The molecule has 2 N–H and O–H groups in total. The average molecular weight is 283 g/mol. The number of pyridine rings is 1. The van der Waals surface area contributed by atoms with E-state index in [1.54, 1.807) is 0 Å². The van der Waals surface area contributed by atoms with Gasteiger partial charge in [-0.05, 0) is 43.4 Å². The van der Waals surface area contributed by atoms with Crippen LogP contribution in [0.15, 0.2) is 42.6 Å². The molecule has 2 aromatic rings. The Morgan fingerprint density at radius 3 is 2.52 bits per heavy atom. The van der Waals surface area contributed by atoms with E-state index in [0.717, 1.165) is 25.2 Å². The first-order valence-electron chi connectivity index (χ1n) is 7.52. The summed E-state index contributed by atoms with van der Waals surface area (Å²) in [5, 5.41) is 0. The van der Waals surface area contributed by atoms with Gasteiger partial charge >= 0.3 is 0 Å². The van der Waals surface area contributed by atoms with Gasteiger partial charge in [-0.1, -0.05) is 36.4 Å². The van der Waals surface area contributed by atoms with Crippen LogP contribution >= 0.6 is 0 Å². The van der Waals surface area contributed by atoms with Gasteiger partial charge in [0, 0.05) is 25.8 Å². The van der Waals surface area contributed by atoms with Crippen LogP contribution in [0, 0.1) is 6.92 Å². The summed E-state index contributed by atoms with van der Waals surface area (Å²) in [6, 6.07) is 12.9. The van der Waals surface area contributed by atoms with Gasteiger partial charge < -0.3 is 10.6 Å². The standard InChI is InChI=1S/C18H25N3/c1-14-11-17(12-15(2)19)13-20-18(14)21(3)10-9-16-7-5-4-6-8-16/h4-8,11,13,15H,9-10,12,19H2,1-3H3. The molecule has 0 saturated carbocycles. The Kier molecular flexibility index (Phi) is 5.34. The molecule has 0 aliphatic heterocycles. The van der Waals surface area contributed by atoms with Crippen molar-refractivity contribution in [2.45, 2.75) is 32.7 Å². The molecular weight excluding hydrogens is 258 g/mol. The molecule has 3 heteroatoms. The normalized spacial score (nSPS) is 12.2. The Labute approximate surface area is 127 Å². The zero-order valence-corrected chi connectivity index (χ0v) is 13.2. The molecule has 112 valence electrons. The van der Waals surface area contributed by atoms with E-state index in [2.05, 4.69) is 60.3 Å². The third-order valence-electron chi connectivity index (χ3n) is 3.61. The predicted molar refractivity (Wildman–Crippen MR) is 89.7 cm³/mol. The average Bonchev–Trinajstić information content (AvgIpc) is 2.45. The van der Waals surface area contributed by atoms with Crippen molar-refractivity contribution in [1.29, 1.82) is 0 Å². The van der Waals surface area contributed by atoms with Crippen molar-refractivity contribution in [2.24, 2.45) is 5.73 Å². The molecule has 0 aliphatic rings. The fourth-order valence-corrected chi connectivity index (χ4v) is 2.56. The highest BCUT2D eigenvalue weighted by Crippen LogP contribution is 2.18. The number of hydrogen-bond donors (Lipinski definition) is 1. The largest absolute Gasteiger partial charge is 0.359 e. The molecule has 0 fully saturated rings. The van der Waals surface area contributed by atoms with Crippen molar-refractivity contribution >= 4 is 5.82 Å². The summed E-state index contributed by atoms with van der Waals surface area (Å²) < 4.78 is 0. The van der Waals surface area contributed by atoms with E-state index in [4.69, 9.17) is 5.73 Å². The lowest BCUT2D eigenvalue weighted by Gasteiger charge is -2.21. The van der Waals surface area contributed by atoms with Gasteiger partial charge in [0.15, 0.2) is 0 Å². The van der Waals surface area contributed by atoms with Gasteiger partial charge in [-0.3, -0.25) is 0 Å². The quantitative estimate of drug-likeness (QED) is 0.886. The fourth-order valence-electron chi connectivity index (χ4n) is 2.56. The first-order valence-corrected chi connectivity index (χ1v) is 7.52. The maximum Gasteiger partial charge on any atom is 0.131 e. The van der Waals surface area contributed by atoms with Crippen LogP contribution in [-0.4, -0.2) is 24.6 Å². The Hall–Kier alpha value is -1.87. The third kappa shape index (κ3) is 4.57. The molecule has 0 aliphatic carbocycles. The molecule has 0 spiro atoms. The van der Waals surface area contributed by atoms with Crippen LogP contribution in [0.2, 0.25) is 0 Å². The first kappa shape index (κ1) is 15.5. The van der Waals surface area contributed by atoms with Crippen molar-refractivity contribution in [3.63, 3.8) is 0 Å². The van der Waals surface area contributed by atoms with Gasteiger partial charge in [0.25, 0.3) is 0 Å². The Morgan fingerprint density at radius 1 is 1.19 bits per heavy atom. The van der Waals surface area contributed by atoms with Crippen LogP contribution in [0.5, 0.6) is 0 Å². The minimum absolute atomic E-state index is 0.174. The van der Waals surface area contributed by atoms with Gasteiger partial charge in [-0.25, -0.2) is 4.98 Å². The van der Waals surface area contributed by atoms with E-state index in [9.17, 15) is 0 Å². The van der Waals surface area contributed by atoms with Crippen LogP contribution < -0.4 is 10.6 Å². The summed E-state index contributed by atoms with van der Waals surface area (Å²) in [4.78, 5) is 6.83. The smallest absolute Gasteiger partial charge is 0.131 e. The first-order chi connectivity index (χ1) is 10.1. The van der Waals surface area contributed by atoms with E-state index in [-0.39, 0.29) is 6.04 Å². The topological polar surface area (TPSA) is 42.1 Å². The summed E-state index contributed by atoms with van der Waals surface area (Å²) in [6.07, 6.45) is 3.85. The number of rotatable bonds is 6. The number of likely N-dealkylation sites (N-methyl/N-ethyl adjacent to an activating group) is 1. The Balaban J connectivity index is 2.00. The SMILES string of the molecule is Cc1cc(CC(C)N)cnc1N(C)CCc1ccccc1. The van der Waals surface area contributed by atoms with Gasteiger partial charge in [0.2, 0.25) is 0 Å². The number of nitrogens with two attached hydrogens (primary N) is 1. The molecule has 0 radical (unpaired) electrons. The van der Waals surface area contributed by atoms with Crippen LogP contribution in [0.3, 0.4) is 0 Å². The van der Waals surface area contributed by atoms with Crippen LogP contribution in [0.1, 0.15) is 23.6 Å². The number of aromatic nitrogens is 1. The highest BCUT2D eigenvalue weighted by molar-refractivity contribution is 5.47. The van der Waals surface area contributed by atoms with Crippen molar-refractivity contribution in [1.82, 2.24) is 4.98 Å². The van der Waals surface area contributed by atoms with Crippen molar-refractivity contribution in [3.8, 4) is 0 Å². The zero-order chi connectivity index (χ0) is 15.2. The molecule has 1 atom stereocenters. The lowest BCUT2D eigenvalue weighted by atomic mass is 10.1. The number of nitrogens with zero attached hydrogens (tertiary/aromatic N) is 2.